The molecule has 3 aliphatic rings. The summed E-state index contributed by atoms with van der Waals surface area (Å²) in [7, 11) is 0. The molecule has 1 aromatic heterocycles. The van der Waals surface area contributed by atoms with Crippen molar-refractivity contribution in [3.8, 4) is 5.75 Å². The van der Waals surface area contributed by atoms with E-state index in [-0.39, 0.29) is 17.3 Å². The second-order valence-electron chi connectivity index (χ2n) is 11.8. The first-order valence-corrected chi connectivity index (χ1v) is 15.2. The molecule has 2 saturated carbocycles. The molecule has 204 valence electrons. The van der Waals surface area contributed by atoms with E-state index in [0.717, 1.165) is 56.2 Å². The fourth-order valence-corrected chi connectivity index (χ4v) is 8.25. The lowest BCUT2D eigenvalue weighted by molar-refractivity contribution is -0.134. The molecule has 0 bridgehead atoms. The lowest BCUT2D eigenvalue weighted by atomic mass is 9.54. The van der Waals surface area contributed by atoms with Crippen LogP contribution in [0.2, 0.25) is 0 Å². The predicted molar refractivity (Wildman–Crippen MR) is 149 cm³/mol. The van der Waals surface area contributed by atoms with Crippen molar-refractivity contribution in [2.24, 2.45) is 23.2 Å². The number of hydrogen-bond donors (Lipinski definition) is 1. The molecule has 3 unspecified atom stereocenters. The van der Waals surface area contributed by atoms with E-state index in [1.165, 1.54) is 22.5 Å². The van der Waals surface area contributed by atoms with Gasteiger partial charge in [-0.3, -0.25) is 14.4 Å². The Morgan fingerprint density at radius 3 is 2.82 bits per heavy atom. The van der Waals surface area contributed by atoms with Gasteiger partial charge in [0.2, 0.25) is 5.91 Å². The SMILES string of the molecule is CCCCC(=O)Oc1ccc2c(c1)CCC1C2CC[C@]2(C)C(=O)C[C@@H](CCCC(=O)Nc3ncc(C)s3)C12. The molecule has 38 heavy (non-hydrogen) atoms. The van der Waals surface area contributed by atoms with Gasteiger partial charge in [0.25, 0.3) is 0 Å². The maximum Gasteiger partial charge on any atom is 0.311 e. The number of hydrogen-bond acceptors (Lipinski definition) is 6. The van der Waals surface area contributed by atoms with Crippen molar-refractivity contribution in [3.05, 3.63) is 40.4 Å². The number of thiazole rings is 1. The smallest absolute Gasteiger partial charge is 0.311 e. The molecule has 0 spiro atoms. The van der Waals surface area contributed by atoms with E-state index in [0.29, 0.717) is 59.6 Å². The van der Waals surface area contributed by atoms with Crippen LogP contribution < -0.4 is 10.1 Å². The highest BCUT2D eigenvalue weighted by Gasteiger charge is 2.58. The quantitative estimate of drug-likeness (QED) is 0.275. The number of nitrogens with zero attached hydrogens (tertiary/aromatic N) is 1. The van der Waals surface area contributed by atoms with Gasteiger partial charge in [-0.1, -0.05) is 26.3 Å². The Morgan fingerprint density at radius 2 is 2.05 bits per heavy atom. The third-order valence-corrected chi connectivity index (χ3v) is 10.2. The van der Waals surface area contributed by atoms with Crippen molar-refractivity contribution in [1.29, 1.82) is 0 Å². The van der Waals surface area contributed by atoms with Crippen molar-refractivity contribution in [3.63, 3.8) is 0 Å². The maximum atomic E-state index is 13.3. The van der Waals surface area contributed by atoms with Gasteiger partial charge in [0.1, 0.15) is 11.5 Å². The Labute approximate surface area is 230 Å². The fourth-order valence-electron chi connectivity index (χ4n) is 7.57. The van der Waals surface area contributed by atoms with Gasteiger partial charge in [-0.05, 0) is 98.8 Å². The van der Waals surface area contributed by atoms with Crippen LogP contribution in [-0.4, -0.2) is 22.6 Å². The molecule has 5 atom stereocenters. The van der Waals surface area contributed by atoms with E-state index in [9.17, 15) is 14.4 Å². The van der Waals surface area contributed by atoms with E-state index in [4.69, 9.17) is 4.74 Å². The molecule has 1 amide bonds. The Balaban J connectivity index is 1.24. The number of unbranched alkanes of at least 4 members (excludes halogenated alkanes) is 1. The molecule has 2 aromatic rings. The van der Waals surface area contributed by atoms with E-state index in [2.05, 4.69) is 36.3 Å². The van der Waals surface area contributed by atoms with Gasteiger partial charge in [0.15, 0.2) is 5.13 Å². The number of benzene rings is 1. The van der Waals surface area contributed by atoms with Crippen LogP contribution in [-0.2, 0) is 20.8 Å². The summed E-state index contributed by atoms with van der Waals surface area (Å²) in [5, 5.41) is 3.57. The molecule has 2 fully saturated rings. The number of nitrogens with one attached hydrogen (secondary N) is 1. The first-order valence-electron chi connectivity index (χ1n) is 14.4. The van der Waals surface area contributed by atoms with Crippen LogP contribution >= 0.6 is 11.3 Å². The molecule has 0 saturated heterocycles. The molecule has 1 aromatic carbocycles. The van der Waals surface area contributed by atoms with Crippen molar-refractivity contribution < 1.29 is 19.1 Å². The van der Waals surface area contributed by atoms with E-state index < -0.39 is 0 Å². The average molecular weight is 537 g/mol. The minimum atomic E-state index is -0.237. The number of Topliss-reactive ketones (excluding diaryl/α,β-unsaturated/α-hetero) is 1. The number of carbonyl (C=O) groups is 3. The van der Waals surface area contributed by atoms with Gasteiger partial charge >= 0.3 is 5.97 Å². The van der Waals surface area contributed by atoms with E-state index >= 15 is 0 Å². The fraction of sp³-hybridized carbons (Fsp3) is 0.613. The summed E-state index contributed by atoms with van der Waals surface area (Å²) in [6.07, 6.45) is 10.9. The maximum absolute atomic E-state index is 13.3. The number of amides is 1. The summed E-state index contributed by atoms with van der Waals surface area (Å²) in [6.45, 7) is 6.26. The highest BCUT2D eigenvalue weighted by Crippen LogP contribution is 2.62. The van der Waals surface area contributed by atoms with Crippen LogP contribution in [0.4, 0.5) is 5.13 Å². The summed E-state index contributed by atoms with van der Waals surface area (Å²) < 4.78 is 5.62. The third-order valence-electron chi connectivity index (χ3n) is 9.35. The lowest BCUT2D eigenvalue weighted by Crippen LogP contribution is -2.44. The van der Waals surface area contributed by atoms with Crippen molar-refractivity contribution in [2.45, 2.75) is 97.3 Å². The zero-order valence-corrected chi connectivity index (χ0v) is 23.7. The Hall–Kier alpha value is -2.54. The molecular weight excluding hydrogens is 496 g/mol. The minimum Gasteiger partial charge on any atom is -0.427 e. The topological polar surface area (TPSA) is 85.4 Å². The van der Waals surface area contributed by atoms with Crippen molar-refractivity contribution in [2.75, 3.05) is 5.32 Å². The van der Waals surface area contributed by atoms with Crippen LogP contribution in [0.1, 0.15) is 100.0 Å². The lowest BCUT2D eigenvalue weighted by Gasteiger charge is -2.50. The number of rotatable bonds is 9. The summed E-state index contributed by atoms with van der Waals surface area (Å²) in [4.78, 5) is 43.2. The van der Waals surface area contributed by atoms with Gasteiger partial charge in [-0.15, -0.1) is 11.3 Å². The van der Waals surface area contributed by atoms with Crippen molar-refractivity contribution in [1.82, 2.24) is 4.98 Å². The molecule has 0 radical (unpaired) electrons. The molecule has 6 nitrogen and oxygen atoms in total. The molecule has 0 aliphatic heterocycles. The first kappa shape index (κ1) is 27.0. The van der Waals surface area contributed by atoms with E-state index in [1.807, 2.05) is 13.0 Å². The molecule has 5 rings (SSSR count). The number of aromatic nitrogens is 1. The van der Waals surface area contributed by atoms with Crippen LogP contribution in [0.15, 0.2) is 24.4 Å². The Morgan fingerprint density at radius 1 is 1.21 bits per heavy atom. The summed E-state index contributed by atoms with van der Waals surface area (Å²) in [5.41, 5.74) is 2.44. The second kappa shape index (κ2) is 11.3. The Kier molecular flexibility index (Phi) is 8.03. The zero-order chi connectivity index (χ0) is 26.9. The molecule has 1 N–H and O–H groups in total. The number of esters is 1. The predicted octanol–water partition coefficient (Wildman–Crippen LogP) is 7.01. The number of ether oxygens (including phenoxy) is 1. The molecule has 7 heteroatoms. The molecular formula is C31H40N2O4S. The van der Waals surface area contributed by atoms with Crippen molar-refractivity contribution >= 4 is 34.1 Å². The number of ketones is 1. The van der Waals surface area contributed by atoms with Gasteiger partial charge < -0.3 is 10.1 Å². The zero-order valence-electron chi connectivity index (χ0n) is 22.9. The number of fused-ring (bicyclic) bond motifs is 5. The second-order valence-corrected chi connectivity index (χ2v) is 13.1. The molecule has 1 heterocycles. The summed E-state index contributed by atoms with van der Waals surface area (Å²) >= 11 is 1.49. The van der Waals surface area contributed by atoms with Gasteiger partial charge in [-0.25, -0.2) is 4.98 Å². The highest BCUT2D eigenvalue weighted by molar-refractivity contribution is 7.15. The standard InChI is InChI=1S/C31H40N2O4S/c1-4-5-9-28(36)37-22-11-13-23-20(16-22)10-12-25-24(23)14-15-31(3)26(34)17-21(29(25)31)7-6-8-27(35)33-30-32-18-19(2)38-30/h11,13,16,18,21,24-25,29H,4-10,12,14-15,17H2,1-3H3,(H,32,33,35)/t21-,24?,25?,29?,31-/m1/s1. The number of aryl methyl sites for hydroxylation is 2. The van der Waals surface area contributed by atoms with Gasteiger partial charge in [0, 0.05) is 35.8 Å². The number of carbonyl (C=O) groups excluding carboxylic acids is 3. The minimum absolute atomic E-state index is 0.00532. The summed E-state index contributed by atoms with van der Waals surface area (Å²) in [5.74, 6) is 2.59. The largest absolute Gasteiger partial charge is 0.427 e. The van der Waals surface area contributed by atoms with E-state index in [1.54, 1.807) is 6.20 Å². The van der Waals surface area contributed by atoms with Crippen LogP contribution in [0.25, 0.3) is 0 Å². The Bertz CT molecular complexity index is 1210. The number of anilines is 1. The van der Waals surface area contributed by atoms with Gasteiger partial charge in [-0.2, -0.15) is 0 Å². The molecule has 3 aliphatic carbocycles. The normalized spacial score (nSPS) is 27.8. The van der Waals surface area contributed by atoms with Crippen LogP contribution in [0.5, 0.6) is 5.75 Å². The van der Waals surface area contributed by atoms with Gasteiger partial charge in [0.05, 0.1) is 0 Å². The van der Waals surface area contributed by atoms with Crippen LogP contribution in [0, 0.1) is 30.1 Å². The average Bonchev–Trinajstić information content (AvgIpc) is 3.41. The summed E-state index contributed by atoms with van der Waals surface area (Å²) in [6, 6.07) is 6.20. The first-order chi connectivity index (χ1) is 18.3. The van der Waals surface area contributed by atoms with Crippen LogP contribution in [0.3, 0.4) is 0 Å². The highest BCUT2D eigenvalue weighted by atomic mass is 32.1. The third kappa shape index (κ3) is 5.45. The monoisotopic (exact) mass is 536 g/mol.